The highest BCUT2D eigenvalue weighted by molar-refractivity contribution is 6.34. The smallest absolute Gasteiger partial charge is 0.356 e. The van der Waals surface area contributed by atoms with Crippen LogP contribution in [0.3, 0.4) is 0 Å². The average molecular weight is 488 g/mol. The summed E-state index contributed by atoms with van der Waals surface area (Å²) in [6.45, 7) is 4.27. The summed E-state index contributed by atoms with van der Waals surface area (Å²) < 4.78 is 11.2. The lowest BCUT2D eigenvalue weighted by Crippen LogP contribution is -2.54. The minimum absolute atomic E-state index is 0.0405. The minimum Gasteiger partial charge on any atom is -0.492 e. The van der Waals surface area contributed by atoms with Crippen LogP contribution >= 0.6 is 23.2 Å². The predicted octanol–water partition coefficient (Wildman–Crippen LogP) is 3.21. The van der Waals surface area contributed by atoms with Gasteiger partial charge in [0.05, 0.1) is 13.1 Å². The van der Waals surface area contributed by atoms with Gasteiger partial charge in [-0.1, -0.05) is 37.0 Å². The Hall–Kier alpha value is -2.49. The topological polar surface area (TPSA) is 88.6 Å². The standard InChI is InChI=1S/C21H27Cl2N3O6/c1-14(2)20-25(9-10-30-17-12-15(22)11-16(23)13-17)21(29)26(8-7-24(3)4)32-19(28)6-5-18(27)31-20/h5-6,11-14,20H,7-10H2,1-4H3/b6-5-. The van der Waals surface area contributed by atoms with Crippen LogP contribution in [0.25, 0.3) is 0 Å². The molecule has 11 heteroatoms. The predicted molar refractivity (Wildman–Crippen MR) is 119 cm³/mol. The Balaban J connectivity index is 2.27. The summed E-state index contributed by atoms with van der Waals surface area (Å²) in [4.78, 5) is 45.9. The number of esters is 1. The third-order valence-corrected chi connectivity index (χ3v) is 4.75. The fourth-order valence-corrected chi connectivity index (χ4v) is 3.32. The highest BCUT2D eigenvalue weighted by Crippen LogP contribution is 2.24. The van der Waals surface area contributed by atoms with Crippen molar-refractivity contribution in [2.24, 2.45) is 5.92 Å². The molecule has 1 heterocycles. The summed E-state index contributed by atoms with van der Waals surface area (Å²) in [5.41, 5.74) is 0. The van der Waals surface area contributed by atoms with E-state index in [1.165, 1.54) is 4.90 Å². The summed E-state index contributed by atoms with van der Waals surface area (Å²) in [6.07, 6.45) is 0.988. The molecule has 32 heavy (non-hydrogen) atoms. The van der Waals surface area contributed by atoms with Crippen LogP contribution in [-0.2, 0) is 19.2 Å². The van der Waals surface area contributed by atoms with Gasteiger partial charge in [-0.05, 0) is 32.3 Å². The van der Waals surface area contributed by atoms with Gasteiger partial charge in [0.1, 0.15) is 12.4 Å². The van der Waals surface area contributed by atoms with Gasteiger partial charge in [-0.15, -0.1) is 0 Å². The van der Waals surface area contributed by atoms with Crippen molar-refractivity contribution >= 4 is 41.2 Å². The van der Waals surface area contributed by atoms with E-state index < -0.39 is 24.2 Å². The van der Waals surface area contributed by atoms with E-state index in [0.717, 1.165) is 17.2 Å². The van der Waals surface area contributed by atoms with Crippen LogP contribution in [0.2, 0.25) is 10.0 Å². The lowest BCUT2D eigenvalue weighted by Gasteiger charge is -2.36. The van der Waals surface area contributed by atoms with Gasteiger partial charge in [-0.25, -0.2) is 14.4 Å². The number of likely N-dealkylation sites (N-methyl/N-ethyl adjacent to an activating group) is 1. The van der Waals surface area contributed by atoms with E-state index >= 15 is 0 Å². The van der Waals surface area contributed by atoms with Crippen LogP contribution in [0.5, 0.6) is 5.75 Å². The van der Waals surface area contributed by atoms with Crippen LogP contribution in [0.1, 0.15) is 13.8 Å². The summed E-state index contributed by atoms with van der Waals surface area (Å²) in [5, 5.41) is 1.77. The number of halogens is 2. The second-order valence-corrected chi connectivity index (χ2v) is 8.52. The molecule has 1 aliphatic heterocycles. The van der Waals surface area contributed by atoms with E-state index in [-0.39, 0.29) is 25.6 Å². The zero-order chi connectivity index (χ0) is 23.8. The number of hydrogen-bond acceptors (Lipinski definition) is 7. The first-order valence-corrected chi connectivity index (χ1v) is 10.7. The van der Waals surface area contributed by atoms with Crippen molar-refractivity contribution in [1.29, 1.82) is 0 Å². The number of carbonyl (C=O) groups is 3. The molecular weight excluding hydrogens is 461 g/mol. The number of hydrogen-bond donors (Lipinski definition) is 0. The number of benzene rings is 1. The van der Waals surface area contributed by atoms with Crippen molar-refractivity contribution in [1.82, 2.24) is 14.9 Å². The molecule has 0 bridgehead atoms. The highest BCUT2D eigenvalue weighted by Gasteiger charge is 2.34. The maximum Gasteiger partial charge on any atom is 0.356 e. The van der Waals surface area contributed by atoms with Gasteiger partial charge in [-0.2, -0.15) is 5.06 Å². The molecule has 0 saturated heterocycles. The van der Waals surface area contributed by atoms with Crippen LogP contribution in [0, 0.1) is 5.92 Å². The van der Waals surface area contributed by atoms with Gasteiger partial charge in [0.15, 0.2) is 6.23 Å². The maximum atomic E-state index is 13.3. The Kier molecular flexibility index (Phi) is 9.61. The largest absolute Gasteiger partial charge is 0.492 e. The molecule has 1 atom stereocenters. The van der Waals surface area contributed by atoms with Crippen LogP contribution in [0.4, 0.5) is 4.79 Å². The molecule has 2 rings (SSSR count). The summed E-state index contributed by atoms with van der Waals surface area (Å²) in [7, 11) is 3.65. The van der Waals surface area contributed by atoms with Crippen molar-refractivity contribution < 1.29 is 28.7 Å². The number of cyclic esters (lactones) is 1. The van der Waals surface area contributed by atoms with Gasteiger partial charge in [0, 0.05) is 34.7 Å². The van der Waals surface area contributed by atoms with Gasteiger partial charge in [0.25, 0.3) is 0 Å². The second kappa shape index (κ2) is 11.9. The third-order valence-electron chi connectivity index (χ3n) is 4.32. The Labute approximate surface area is 197 Å². The number of nitrogens with zero attached hydrogens (tertiary/aromatic N) is 3. The Morgan fingerprint density at radius 3 is 2.25 bits per heavy atom. The number of rotatable bonds is 8. The monoisotopic (exact) mass is 487 g/mol. The summed E-state index contributed by atoms with van der Waals surface area (Å²) >= 11 is 12.0. The number of hydroxylamine groups is 2. The summed E-state index contributed by atoms with van der Waals surface area (Å²) in [5.74, 6) is -1.44. The molecule has 0 fully saturated rings. The first-order valence-electron chi connectivity index (χ1n) is 9.99. The molecule has 1 aromatic carbocycles. The average Bonchev–Trinajstić information content (AvgIpc) is 2.69. The fourth-order valence-electron chi connectivity index (χ4n) is 2.81. The number of urea groups is 1. The van der Waals surface area contributed by atoms with E-state index in [1.807, 2.05) is 32.8 Å². The van der Waals surface area contributed by atoms with Gasteiger partial charge in [0.2, 0.25) is 0 Å². The van der Waals surface area contributed by atoms with Crippen LogP contribution < -0.4 is 4.74 Å². The lowest BCUT2D eigenvalue weighted by molar-refractivity contribution is -0.180. The molecule has 0 saturated carbocycles. The molecule has 0 radical (unpaired) electrons. The van der Waals surface area contributed by atoms with Crippen molar-refractivity contribution in [3.05, 3.63) is 40.4 Å². The molecule has 1 unspecified atom stereocenters. The highest BCUT2D eigenvalue weighted by atomic mass is 35.5. The molecular formula is C21H27Cl2N3O6. The Morgan fingerprint density at radius 2 is 1.66 bits per heavy atom. The lowest BCUT2D eigenvalue weighted by atomic mass is 10.1. The van der Waals surface area contributed by atoms with Gasteiger partial charge < -0.3 is 19.2 Å². The maximum absolute atomic E-state index is 13.3. The van der Waals surface area contributed by atoms with Crippen molar-refractivity contribution in [3.63, 3.8) is 0 Å². The SMILES string of the molecule is CC(C)C1OC(=O)/C=C\C(=O)ON(CCN(C)C)C(=O)N1CCOc1cc(Cl)cc(Cl)c1. The first kappa shape index (κ1) is 25.8. The van der Waals surface area contributed by atoms with E-state index in [2.05, 4.69) is 0 Å². The van der Waals surface area contributed by atoms with Gasteiger partial charge in [-0.3, -0.25) is 4.90 Å². The second-order valence-electron chi connectivity index (χ2n) is 7.65. The molecule has 0 aromatic heterocycles. The van der Waals surface area contributed by atoms with E-state index in [1.54, 1.807) is 18.2 Å². The van der Waals surface area contributed by atoms with Crippen molar-refractivity contribution in [2.75, 3.05) is 40.3 Å². The zero-order valence-corrected chi connectivity index (χ0v) is 19.9. The third kappa shape index (κ3) is 7.89. The van der Waals surface area contributed by atoms with Crippen LogP contribution in [-0.4, -0.2) is 79.4 Å². The fraction of sp³-hybridized carbons (Fsp3) is 0.476. The molecule has 9 nitrogen and oxygen atoms in total. The molecule has 176 valence electrons. The molecule has 0 N–H and O–H groups in total. The molecule has 0 aliphatic carbocycles. The molecule has 1 aromatic rings. The Morgan fingerprint density at radius 1 is 1.03 bits per heavy atom. The normalized spacial score (nSPS) is 18.6. The minimum atomic E-state index is -0.912. The van der Waals surface area contributed by atoms with Crippen LogP contribution in [0.15, 0.2) is 30.4 Å². The summed E-state index contributed by atoms with van der Waals surface area (Å²) in [6, 6.07) is 4.12. The van der Waals surface area contributed by atoms with E-state index in [0.29, 0.717) is 22.3 Å². The van der Waals surface area contributed by atoms with Gasteiger partial charge >= 0.3 is 18.0 Å². The quantitative estimate of drug-likeness (QED) is 0.520. The van der Waals surface area contributed by atoms with E-state index in [9.17, 15) is 14.4 Å². The number of ether oxygens (including phenoxy) is 2. The number of amides is 2. The first-order chi connectivity index (χ1) is 15.1. The molecule has 1 aliphatic rings. The van der Waals surface area contributed by atoms with Crippen molar-refractivity contribution in [3.8, 4) is 5.75 Å². The Bertz CT molecular complexity index is 842. The zero-order valence-electron chi connectivity index (χ0n) is 18.4. The molecule has 2 amide bonds. The van der Waals surface area contributed by atoms with E-state index in [4.69, 9.17) is 37.5 Å². The molecule has 0 spiro atoms. The number of carbonyl (C=O) groups excluding carboxylic acids is 3. The van der Waals surface area contributed by atoms with Crippen molar-refractivity contribution in [2.45, 2.75) is 20.1 Å².